The van der Waals surface area contributed by atoms with Crippen molar-refractivity contribution in [1.29, 1.82) is 0 Å². The molecule has 2 aliphatic carbocycles. The molecule has 4 rings (SSSR count). The molecule has 0 spiro atoms. The number of nitrogens with zero attached hydrogens (tertiary/aromatic N) is 1. The van der Waals surface area contributed by atoms with Crippen LogP contribution in [0.4, 0.5) is 0 Å². The molecule has 150 valence electrons. The van der Waals surface area contributed by atoms with E-state index in [2.05, 4.69) is 20.8 Å². The van der Waals surface area contributed by atoms with E-state index in [1.165, 1.54) is 6.42 Å². The van der Waals surface area contributed by atoms with Gasteiger partial charge >= 0.3 is 0 Å². The van der Waals surface area contributed by atoms with Gasteiger partial charge in [-0.2, -0.15) is 0 Å². The van der Waals surface area contributed by atoms with Crippen molar-refractivity contribution in [3.63, 3.8) is 0 Å². The molecule has 1 amide bonds. The first-order valence-electron chi connectivity index (χ1n) is 9.70. The van der Waals surface area contributed by atoms with Crippen molar-refractivity contribution < 1.29 is 13.6 Å². The Morgan fingerprint density at radius 2 is 1.96 bits per heavy atom. The third-order valence-electron chi connectivity index (χ3n) is 6.22. The molecule has 0 aromatic carbocycles. The molecule has 0 saturated heterocycles. The summed E-state index contributed by atoms with van der Waals surface area (Å²) in [6.45, 7) is 7.18. The van der Waals surface area contributed by atoms with Gasteiger partial charge in [-0.1, -0.05) is 44.0 Å². The molecule has 4 atom stereocenters. The maximum atomic E-state index is 13.4. The minimum atomic E-state index is -0.175. The van der Waals surface area contributed by atoms with Gasteiger partial charge < -0.3 is 13.7 Å². The molecule has 0 aliphatic heterocycles. The van der Waals surface area contributed by atoms with Crippen LogP contribution in [0.25, 0.3) is 0 Å². The molecule has 6 heteroatoms. The summed E-state index contributed by atoms with van der Waals surface area (Å²) in [6, 6.07) is 7.73. The summed E-state index contributed by atoms with van der Waals surface area (Å²) in [5.41, 5.74) is -0.175. The fourth-order valence-electron chi connectivity index (χ4n) is 4.18. The van der Waals surface area contributed by atoms with Crippen LogP contribution in [0.15, 0.2) is 49.9 Å². The van der Waals surface area contributed by atoms with E-state index in [0.717, 1.165) is 17.3 Å². The van der Waals surface area contributed by atoms with Crippen LogP contribution in [0.2, 0.25) is 0 Å². The molecule has 4 unspecified atom stereocenters. The number of carbonyl (C=O) groups is 1. The number of hydrogen-bond acceptors (Lipinski definition) is 3. The highest BCUT2D eigenvalue weighted by Crippen LogP contribution is 2.60. The average molecular weight is 422 g/mol. The van der Waals surface area contributed by atoms with Gasteiger partial charge in [0.25, 0.3) is 0 Å². The second-order valence-corrected chi connectivity index (χ2v) is 9.69. The van der Waals surface area contributed by atoms with Gasteiger partial charge in [0.15, 0.2) is 0 Å². The fraction of sp³-hybridized carbons (Fsp3) is 0.500. The van der Waals surface area contributed by atoms with Crippen molar-refractivity contribution in [1.82, 2.24) is 4.90 Å². The Labute approximate surface area is 175 Å². The van der Waals surface area contributed by atoms with Crippen LogP contribution >= 0.6 is 23.2 Å². The number of hydrogen-bond donors (Lipinski definition) is 0. The largest absolute Gasteiger partial charge is 0.467 e. The van der Waals surface area contributed by atoms with Crippen LogP contribution in [0.1, 0.15) is 50.4 Å². The summed E-state index contributed by atoms with van der Waals surface area (Å²) in [5, 5.41) is 0. The SMILES string of the molecule is CC1CC1c1ccc(CN(Cc2ccco2)C(=O)C2C(C=C(Cl)Cl)C2(C)C)o1. The van der Waals surface area contributed by atoms with E-state index in [9.17, 15) is 4.79 Å². The number of amides is 1. The molecular formula is C22H25Cl2NO3. The Kier molecular flexibility index (Phi) is 5.13. The van der Waals surface area contributed by atoms with Gasteiger partial charge in [-0.25, -0.2) is 0 Å². The molecule has 2 aromatic heterocycles. The Morgan fingerprint density at radius 1 is 1.25 bits per heavy atom. The number of furan rings is 2. The number of carbonyl (C=O) groups excluding carboxylic acids is 1. The zero-order valence-electron chi connectivity index (χ0n) is 16.3. The van der Waals surface area contributed by atoms with Crippen LogP contribution in [0.5, 0.6) is 0 Å². The molecule has 2 aromatic rings. The minimum absolute atomic E-state index is 0.0311. The van der Waals surface area contributed by atoms with E-state index < -0.39 is 0 Å². The third kappa shape index (κ3) is 3.90. The van der Waals surface area contributed by atoms with E-state index in [-0.39, 0.29) is 27.6 Å². The van der Waals surface area contributed by atoms with Gasteiger partial charge in [0, 0.05) is 5.92 Å². The van der Waals surface area contributed by atoms with Crippen molar-refractivity contribution in [2.24, 2.45) is 23.2 Å². The molecule has 0 bridgehead atoms. The fourth-order valence-corrected chi connectivity index (χ4v) is 4.45. The van der Waals surface area contributed by atoms with Crippen molar-refractivity contribution in [2.75, 3.05) is 0 Å². The maximum absolute atomic E-state index is 13.4. The quantitative estimate of drug-likeness (QED) is 0.540. The predicted octanol–water partition coefficient (Wildman–Crippen LogP) is 6.12. The van der Waals surface area contributed by atoms with Crippen LogP contribution in [-0.4, -0.2) is 10.8 Å². The van der Waals surface area contributed by atoms with Crippen molar-refractivity contribution in [3.8, 4) is 0 Å². The molecule has 2 saturated carbocycles. The predicted molar refractivity (Wildman–Crippen MR) is 109 cm³/mol. The molecular weight excluding hydrogens is 397 g/mol. The Bertz CT molecular complexity index is 879. The number of rotatable bonds is 7. The van der Waals surface area contributed by atoms with Crippen LogP contribution in [-0.2, 0) is 17.9 Å². The van der Waals surface area contributed by atoms with E-state index >= 15 is 0 Å². The number of halogens is 2. The first-order chi connectivity index (χ1) is 13.3. The molecule has 2 heterocycles. The smallest absolute Gasteiger partial charge is 0.227 e. The Hall–Kier alpha value is -1.65. The second-order valence-electron chi connectivity index (χ2n) is 8.68. The van der Waals surface area contributed by atoms with Crippen LogP contribution < -0.4 is 0 Å². The van der Waals surface area contributed by atoms with Gasteiger partial charge in [0.1, 0.15) is 21.8 Å². The second kappa shape index (κ2) is 7.31. The van der Waals surface area contributed by atoms with Crippen LogP contribution in [0.3, 0.4) is 0 Å². The van der Waals surface area contributed by atoms with E-state index in [4.69, 9.17) is 32.0 Å². The van der Waals surface area contributed by atoms with Crippen molar-refractivity contribution >= 4 is 29.1 Å². The molecule has 2 fully saturated rings. The molecule has 4 nitrogen and oxygen atoms in total. The zero-order chi connectivity index (χ0) is 20.1. The Balaban J connectivity index is 1.53. The van der Waals surface area contributed by atoms with Gasteiger partial charge in [0.05, 0.1) is 25.3 Å². The lowest BCUT2D eigenvalue weighted by molar-refractivity contribution is -0.135. The van der Waals surface area contributed by atoms with Gasteiger partial charge in [-0.15, -0.1) is 0 Å². The summed E-state index contributed by atoms with van der Waals surface area (Å²) < 4.78 is 11.7. The first kappa shape index (κ1) is 19.7. The topological polar surface area (TPSA) is 46.6 Å². The zero-order valence-corrected chi connectivity index (χ0v) is 17.8. The Morgan fingerprint density at radius 3 is 2.57 bits per heavy atom. The summed E-state index contributed by atoms with van der Waals surface area (Å²) >= 11 is 11.7. The van der Waals surface area contributed by atoms with Crippen molar-refractivity contribution in [2.45, 2.75) is 46.2 Å². The summed E-state index contributed by atoms with van der Waals surface area (Å²) in [7, 11) is 0. The lowest BCUT2D eigenvalue weighted by Gasteiger charge is -2.21. The third-order valence-corrected chi connectivity index (χ3v) is 6.48. The highest BCUT2D eigenvalue weighted by Gasteiger charge is 2.61. The van der Waals surface area contributed by atoms with Crippen LogP contribution in [0, 0.1) is 23.2 Å². The van der Waals surface area contributed by atoms with Gasteiger partial charge in [0.2, 0.25) is 5.91 Å². The summed E-state index contributed by atoms with van der Waals surface area (Å²) in [4.78, 5) is 15.2. The lowest BCUT2D eigenvalue weighted by Crippen LogP contribution is -2.32. The summed E-state index contributed by atoms with van der Waals surface area (Å²) in [6.07, 6.45) is 4.57. The van der Waals surface area contributed by atoms with Gasteiger partial charge in [-0.05, 0) is 54.0 Å². The molecule has 0 radical (unpaired) electrons. The van der Waals surface area contributed by atoms with E-state index in [0.29, 0.717) is 24.9 Å². The molecule has 0 N–H and O–H groups in total. The lowest BCUT2D eigenvalue weighted by atomic mass is 10.1. The highest BCUT2D eigenvalue weighted by atomic mass is 35.5. The van der Waals surface area contributed by atoms with Gasteiger partial charge in [-0.3, -0.25) is 4.79 Å². The minimum Gasteiger partial charge on any atom is -0.467 e. The molecule has 28 heavy (non-hydrogen) atoms. The van der Waals surface area contributed by atoms with Crippen molar-refractivity contribution in [3.05, 3.63) is 58.4 Å². The average Bonchev–Trinajstić information content (AvgIpc) is 3.22. The molecule has 2 aliphatic rings. The van der Waals surface area contributed by atoms with E-state index in [1.807, 2.05) is 24.3 Å². The standard InChI is InChI=1S/C22H25Cl2NO3/c1-13-9-16(13)18-7-6-15(28-18)12-25(11-14-5-4-8-27-14)21(26)20-17(10-19(23)24)22(20,2)3/h4-8,10,13,16-17,20H,9,11-12H2,1-3H3. The number of allylic oxidation sites excluding steroid dienone is 1. The first-order valence-corrected chi connectivity index (χ1v) is 10.5. The maximum Gasteiger partial charge on any atom is 0.227 e. The highest BCUT2D eigenvalue weighted by molar-refractivity contribution is 6.55. The normalized spacial score (nSPS) is 27.3. The monoisotopic (exact) mass is 421 g/mol. The summed E-state index contributed by atoms with van der Waals surface area (Å²) in [5.74, 6) is 3.71. The van der Waals surface area contributed by atoms with E-state index in [1.54, 1.807) is 17.2 Å².